The van der Waals surface area contributed by atoms with Crippen LogP contribution in [-0.4, -0.2) is 51.4 Å². The fourth-order valence-electron chi connectivity index (χ4n) is 5.71. The highest BCUT2D eigenvalue weighted by molar-refractivity contribution is 5.76. The molecule has 2 aliphatic rings. The Balaban J connectivity index is 1.69. The van der Waals surface area contributed by atoms with Gasteiger partial charge in [-0.15, -0.1) is 11.8 Å². The number of ether oxygens (including phenoxy) is 1. The molecule has 1 amide bonds. The third kappa shape index (κ3) is 6.29. The van der Waals surface area contributed by atoms with E-state index < -0.39 is 12.2 Å². The van der Waals surface area contributed by atoms with Crippen LogP contribution in [0.1, 0.15) is 84.3 Å². The highest BCUT2D eigenvalue weighted by Gasteiger charge is 2.48. The van der Waals surface area contributed by atoms with E-state index in [1.165, 1.54) is 0 Å². The Labute approximate surface area is 211 Å². The molecule has 0 aromatic heterocycles. The van der Waals surface area contributed by atoms with Crippen LogP contribution in [0.15, 0.2) is 30.4 Å². The molecule has 1 aromatic carbocycles. The summed E-state index contributed by atoms with van der Waals surface area (Å²) in [7, 11) is 0. The van der Waals surface area contributed by atoms with Gasteiger partial charge in [-0.1, -0.05) is 37.3 Å². The molecule has 0 bridgehead atoms. The van der Waals surface area contributed by atoms with Gasteiger partial charge < -0.3 is 19.8 Å². The maximum Gasteiger partial charge on any atom is 0.223 e. The summed E-state index contributed by atoms with van der Waals surface area (Å²) in [6, 6.07) is 6.64. The van der Waals surface area contributed by atoms with Crippen LogP contribution in [0.3, 0.4) is 0 Å². The molecule has 1 saturated carbocycles. The summed E-state index contributed by atoms with van der Waals surface area (Å²) >= 11 is 0. The van der Waals surface area contributed by atoms with Crippen LogP contribution in [0.5, 0.6) is 5.75 Å². The van der Waals surface area contributed by atoms with Gasteiger partial charge in [-0.3, -0.25) is 4.79 Å². The first kappa shape index (κ1) is 27.3. The summed E-state index contributed by atoms with van der Waals surface area (Å²) in [6.45, 7) is 12.0. The van der Waals surface area contributed by atoms with E-state index in [0.29, 0.717) is 19.3 Å². The van der Waals surface area contributed by atoms with Gasteiger partial charge in [0.15, 0.2) is 0 Å². The number of aliphatic hydroxyl groups excluding tert-OH is 2. The average Bonchev–Trinajstić information content (AvgIpc) is 3.30. The SMILES string of the molecule is CC#CC[C@H](C)[C@H](O)/C=C/[C@@H]1[C@H]2c3cccc(CCCC(=O)N(C(C)C)C(C)C)c3O[C@H]2C[C@H]1O. The molecule has 0 unspecified atom stereocenters. The normalized spacial score (nSPS) is 24.6. The number of rotatable bonds is 10. The van der Waals surface area contributed by atoms with Crippen molar-refractivity contribution in [3.63, 3.8) is 0 Å². The zero-order valence-electron chi connectivity index (χ0n) is 22.2. The van der Waals surface area contributed by atoms with E-state index in [9.17, 15) is 15.0 Å². The van der Waals surface area contributed by atoms with Crippen molar-refractivity contribution in [2.24, 2.45) is 11.8 Å². The van der Waals surface area contributed by atoms with Gasteiger partial charge in [0, 0.05) is 48.7 Å². The fraction of sp³-hybridized carbons (Fsp3) is 0.633. The van der Waals surface area contributed by atoms with Crippen molar-refractivity contribution in [2.45, 2.75) is 110 Å². The van der Waals surface area contributed by atoms with Gasteiger partial charge in [0.25, 0.3) is 0 Å². The molecule has 5 nitrogen and oxygen atoms in total. The van der Waals surface area contributed by atoms with Crippen LogP contribution in [0.4, 0.5) is 0 Å². The summed E-state index contributed by atoms with van der Waals surface area (Å²) in [6.07, 6.45) is 5.97. The Bertz CT molecular complexity index is 949. The number of carbonyl (C=O) groups excluding carboxylic acids is 1. The molecule has 35 heavy (non-hydrogen) atoms. The highest BCUT2D eigenvalue weighted by Crippen LogP contribution is 2.52. The lowest BCUT2D eigenvalue weighted by atomic mass is 9.86. The first-order valence-electron chi connectivity index (χ1n) is 13.2. The average molecular weight is 482 g/mol. The molecule has 3 rings (SSSR count). The molecule has 0 saturated heterocycles. The number of aryl methyl sites for hydroxylation is 1. The van der Waals surface area contributed by atoms with Crippen molar-refractivity contribution in [2.75, 3.05) is 0 Å². The van der Waals surface area contributed by atoms with E-state index in [4.69, 9.17) is 4.74 Å². The quantitative estimate of drug-likeness (QED) is 0.370. The first-order valence-corrected chi connectivity index (χ1v) is 13.2. The largest absolute Gasteiger partial charge is 0.489 e. The molecule has 0 spiro atoms. The zero-order valence-corrected chi connectivity index (χ0v) is 22.2. The zero-order chi connectivity index (χ0) is 25.7. The van der Waals surface area contributed by atoms with Crippen LogP contribution in [0.25, 0.3) is 0 Å². The molecule has 1 aliphatic heterocycles. The molecule has 2 N–H and O–H groups in total. The number of hydrogen-bond acceptors (Lipinski definition) is 4. The molecule has 0 radical (unpaired) electrons. The summed E-state index contributed by atoms with van der Waals surface area (Å²) < 4.78 is 6.38. The number of fused-ring (bicyclic) bond motifs is 3. The van der Waals surface area contributed by atoms with Gasteiger partial charge in [-0.05, 0) is 58.9 Å². The predicted molar refractivity (Wildman–Crippen MR) is 140 cm³/mol. The molecule has 1 aromatic rings. The maximum absolute atomic E-state index is 12.8. The number of nitrogens with zero attached hydrogens (tertiary/aromatic N) is 1. The van der Waals surface area contributed by atoms with Gasteiger partial charge in [0.1, 0.15) is 11.9 Å². The second kappa shape index (κ2) is 12.1. The van der Waals surface area contributed by atoms with Gasteiger partial charge in [0.05, 0.1) is 12.2 Å². The predicted octanol–water partition coefficient (Wildman–Crippen LogP) is 4.85. The standard InChI is InChI=1S/C30H43NO4/c1-7-8-11-21(6)25(32)17-16-23-26(33)18-27-29(23)24-14-9-12-22(30(24)35-27)13-10-15-28(34)31(19(2)3)20(4)5/h9,12,14,16-17,19-21,23,25-27,29,32-33H,10-11,13,15,18H2,1-6H3/b17-16+/t21-,23-,25+,26+,27-,29-/m0/s1. The topological polar surface area (TPSA) is 70.0 Å². The minimum atomic E-state index is -0.594. The lowest BCUT2D eigenvalue weighted by molar-refractivity contribution is -0.134. The Morgan fingerprint density at radius 1 is 1.23 bits per heavy atom. The third-order valence-corrected chi connectivity index (χ3v) is 7.44. The number of aliphatic hydroxyl groups is 2. The van der Waals surface area contributed by atoms with Gasteiger partial charge >= 0.3 is 0 Å². The summed E-state index contributed by atoms with van der Waals surface area (Å²) in [5.41, 5.74) is 2.27. The number of amides is 1. The second-order valence-corrected chi connectivity index (χ2v) is 10.7. The van der Waals surface area contributed by atoms with Crippen molar-refractivity contribution in [3.8, 4) is 17.6 Å². The molecular formula is C30H43NO4. The molecular weight excluding hydrogens is 438 g/mol. The minimum Gasteiger partial charge on any atom is -0.489 e. The van der Waals surface area contributed by atoms with Crippen molar-refractivity contribution in [1.29, 1.82) is 0 Å². The monoisotopic (exact) mass is 481 g/mol. The number of carbonyl (C=O) groups is 1. The Morgan fingerprint density at radius 3 is 2.60 bits per heavy atom. The Hall–Kier alpha value is -2.29. The summed E-state index contributed by atoms with van der Waals surface area (Å²) in [5.74, 6) is 7.05. The van der Waals surface area contributed by atoms with Gasteiger partial charge in [-0.25, -0.2) is 0 Å². The van der Waals surface area contributed by atoms with Crippen molar-refractivity contribution in [3.05, 3.63) is 41.5 Å². The van der Waals surface area contributed by atoms with E-state index >= 15 is 0 Å². The summed E-state index contributed by atoms with van der Waals surface area (Å²) in [4.78, 5) is 14.7. The second-order valence-electron chi connectivity index (χ2n) is 10.7. The first-order chi connectivity index (χ1) is 16.6. The number of hydrogen-bond donors (Lipinski definition) is 2. The lowest BCUT2D eigenvalue weighted by Crippen LogP contribution is -2.41. The van der Waals surface area contributed by atoms with Crippen molar-refractivity contribution < 1.29 is 19.7 Å². The van der Waals surface area contributed by atoms with E-state index in [-0.39, 0.29) is 41.8 Å². The molecule has 6 atom stereocenters. The Morgan fingerprint density at radius 2 is 1.94 bits per heavy atom. The fourth-order valence-corrected chi connectivity index (χ4v) is 5.71. The lowest BCUT2D eigenvalue weighted by Gasteiger charge is -2.31. The molecule has 1 fully saturated rings. The van der Waals surface area contributed by atoms with Crippen LogP contribution in [-0.2, 0) is 11.2 Å². The molecule has 192 valence electrons. The molecule has 1 aliphatic carbocycles. The number of para-hydroxylation sites is 1. The van der Waals surface area contributed by atoms with Crippen LogP contribution < -0.4 is 4.74 Å². The number of benzene rings is 1. The van der Waals surface area contributed by atoms with Crippen molar-refractivity contribution in [1.82, 2.24) is 4.90 Å². The van der Waals surface area contributed by atoms with Gasteiger partial charge in [-0.2, -0.15) is 0 Å². The maximum atomic E-state index is 12.8. The highest BCUT2D eigenvalue weighted by atomic mass is 16.5. The van der Waals surface area contributed by atoms with Gasteiger partial charge in [0.2, 0.25) is 5.91 Å². The van der Waals surface area contributed by atoms with Crippen LogP contribution in [0.2, 0.25) is 0 Å². The van der Waals surface area contributed by atoms with E-state index in [1.807, 2.05) is 24.0 Å². The van der Waals surface area contributed by atoms with Crippen LogP contribution in [0, 0.1) is 23.7 Å². The van der Waals surface area contributed by atoms with Crippen LogP contribution >= 0.6 is 0 Å². The van der Waals surface area contributed by atoms with E-state index in [2.05, 4.69) is 57.7 Å². The Kier molecular flexibility index (Phi) is 9.44. The third-order valence-electron chi connectivity index (χ3n) is 7.44. The molecule has 1 heterocycles. The van der Waals surface area contributed by atoms with E-state index in [1.54, 1.807) is 6.92 Å². The molecule has 5 heteroatoms. The van der Waals surface area contributed by atoms with Crippen molar-refractivity contribution >= 4 is 5.91 Å². The smallest absolute Gasteiger partial charge is 0.223 e. The van der Waals surface area contributed by atoms with E-state index in [0.717, 1.165) is 29.7 Å². The summed E-state index contributed by atoms with van der Waals surface area (Å²) in [5, 5.41) is 21.3. The minimum absolute atomic E-state index is 0.0387.